The number of aryl methyl sites for hydroxylation is 2. The molecule has 0 aromatic heterocycles. The van der Waals surface area contributed by atoms with Gasteiger partial charge in [0, 0.05) is 5.54 Å². The van der Waals surface area contributed by atoms with Crippen molar-refractivity contribution in [2.75, 3.05) is 5.75 Å². The smallest absolute Gasteiger partial charge is 0.156 e. The van der Waals surface area contributed by atoms with Crippen molar-refractivity contribution >= 4 is 9.84 Å². The first-order chi connectivity index (χ1) is 8.25. The fourth-order valence-corrected chi connectivity index (χ4v) is 4.51. The summed E-state index contributed by atoms with van der Waals surface area (Å²) in [5.41, 5.74) is 8.69. The van der Waals surface area contributed by atoms with Crippen LogP contribution in [-0.4, -0.2) is 19.7 Å². The molecule has 0 amide bonds. The van der Waals surface area contributed by atoms with Crippen LogP contribution in [0.15, 0.2) is 18.2 Å². The Labute approximate surface area is 109 Å². The second kappa shape index (κ2) is 4.67. The first kappa shape index (κ1) is 13.6. The molecule has 18 heavy (non-hydrogen) atoms. The van der Waals surface area contributed by atoms with E-state index in [4.69, 9.17) is 5.73 Å². The van der Waals surface area contributed by atoms with Crippen molar-refractivity contribution in [1.29, 1.82) is 0 Å². The van der Waals surface area contributed by atoms with Crippen LogP contribution in [0.4, 0.5) is 0 Å². The van der Waals surface area contributed by atoms with E-state index in [1.54, 1.807) is 13.8 Å². The van der Waals surface area contributed by atoms with Gasteiger partial charge in [0.05, 0.1) is 11.5 Å². The molecule has 100 valence electrons. The number of rotatable bonds is 4. The molecule has 4 heteroatoms. The second-order valence-electron chi connectivity index (χ2n) is 5.98. The van der Waals surface area contributed by atoms with E-state index in [-0.39, 0.29) is 11.5 Å². The summed E-state index contributed by atoms with van der Waals surface area (Å²) in [5.74, 6) is 0.123. The van der Waals surface area contributed by atoms with Gasteiger partial charge in [-0.25, -0.2) is 8.42 Å². The Morgan fingerprint density at radius 2 is 1.89 bits per heavy atom. The highest BCUT2D eigenvalue weighted by atomic mass is 32.2. The predicted molar refractivity (Wildman–Crippen MR) is 74.2 cm³/mol. The molecule has 0 unspecified atom stereocenters. The minimum atomic E-state index is -3.13. The number of fused-ring (bicyclic) bond motifs is 1. The largest absolute Gasteiger partial charge is 0.325 e. The van der Waals surface area contributed by atoms with Crippen molar-refractivity contribution < 1.29 is 8.42 Å². The average Bonchev–Trinajstić information content (AvgIpc) is 2.59. The maximum absolute atomic E-state index is 12.0. The number of hydrogen-bond acceptors (Lipinski definition) is 3. The van der Waals surface area contributed by atoms with Crippen LogP contribution >= 0.6 is 0 Å². The summed E-state index contributed by atoms with van der Waals surface area (Å²) in [6.45, 7) is 3.49. The minimum absolute atomic E-state index is 0.0249. The lowest BCUT2D eigenvalue weighted by Crippen LogP contribution is -2.40. The summed E-state index contributed by atoms with van der Waals surface area (Å²) in [6.07, 6.45) is 3.38. The first-order valence-electron chi connectivity index (χ1n) is 6.35. The zero-order valence-corrected chi connectivity index (χ0v) is 11.9. The molecule has 0 saturated carbocycles. The molecule has 0 radical (unpaired) electrons. The predicted octanol–water partition coefficient (Wildman–Crippen LogP) is 1.83. The van der Waals surface area contributed by atoms with Crippen LogP contribution in [0.5, 0.6) is 0 Å². The quantitative estimate of drug-likeness (QED) is 0.905. The molecular weight excluding hydrogens is 246 g/mol. The summed E-state index contributed by atoms with van der Waals surface area (Å²) >= 11 is 0. The Morgan fingerprint density at radius 1 is 1.22 bits per heavy atom. The lowest BCUT2D eigenvalue weighted by molar-refractivity contribution is 0.544. The van der Waals surface area contributed by atoms with Gasteiger partial charge in [0.2, 0.25) is 0 Å². The van der Waals surface area contributed by atoms with Gasteiger partial charge in [-0.15, -0.1) is 0 Å². The van der Waals surface area contributed by atoms with Crippen LogP contribution < -0.4 is 5.73 Å². The Morgan fingerprint density at radius 3 is 2.56 bits per heavy atom. The molecule has 0 fully saturated rings. The molecule has 0 bridgehead atoms. The van der Waals surface area contributed by atoms with Gasteiger partial charge in [-0.2, -0.15) is 0 Å². The van der Waals surface area contributed by atoms with Crippen molar-refractivity contribution in [3.05, 3.63) is 34.9 Å². The van der Waals surface area contributed by atoms with Crippen LogP contribution in [0.25, 0.3) is 0 Å². The summed E-state index contributed by atoms with van der Waals surface area (Å²) in [6, 6.07) is 6.05. The molecule has 0 saturated heterocycles. The molecule has 0 aliphatic heterocycles. The van der Waals surface area contributed by atoms with Crippen molar-refractivity contribution in [2.24, 2.45) is 5.73 Å². The minimum Gasteiger partial charge on any atom is -0.325 e. The first-order valence-corrected chi connectivity index (χ1v) is 8.17. The fraction of sp³-hybridized carbons (Fsp3) is 0.571. The van der Waals surface area contributed by atoms with Crippen molar-refractivity contribution in [3.63, 3.8) is 0 Å². The monoisotopic (exact) mass is 267 g/mol. The maximum Gasteiger partial charge on any atom is 0.156 e. The Kier molecular flexibility index (Phi) is 3.52. The SMILES string of the molecule is CC(C)(N)CS(=O)(=O)Cc1ccc2c(c1)CCC2. The summed E-state index contributed by atoms with van der Waals surface area (Å²) in [4.78, 5) is 0. The molecule has 2 N–H and O–H groups in total. The number of sulfone groups is 1. The van der Waals surface area contributed by atoms with Crippen LogP contribution in [0.2, 0.25) is 0 Å². The lowest BCUT2D eigenvalue weighted by atomic mass is 10.1. The molecule has 0 spiro atoms. The van der Waals surface area contributed by atoms with E-state index in [9.17, 15) is 8.42 Å². The van der Waals surface area contributed by atoms with Gasteiger partial charge in [0.15, 0.2) is 9.84 Å². The van der Waals surface area contributed by atoms with Crippen molar-refractivity contribution in [1.82, 2.24) is 0 Å². The Bertz CT molecular complexity index is 541. The molecule has 1 aromatic rings. The van der Waals surface area contributed by atoms with Crippen LogP contribution in [0.3, 0.4) is 0 Å². The molecule has 0 heterocycles. The molecular formula is C14H21NO2S. The number of benzene rings is 1. The molecule has 1 aliphatic carbocycles. The van der Waals surface area contributed by atoms with E-state index in [1.165, 1.54) is 17.5 Å². The standard InChI is InChI=1S/C14H21NO2S/c1-14(2,15)10-18(16,17)9-11-6-7-12-4-3-5-13(12)8-11/h6-8H,3-5,9-10,15H2,1-2H3. The Balaban J connectivity index is 2.14. The van der Waals surface area contributed by atoms with E-state index in [0.29, 0.717) is 0 Å². The highest BCUT2D eigenvalue weighted by molar-refractivity contribution is 7.90. The van der Waals surface area contributed by atoms with E-state index < -0.39 is 15.4 Å². The van der Waals surface area contributed by atoms with Gasteiger partial charge >= 0.3 is 0 Å². The Hall–Kier alpha value is -0.870. The van der Waals surface area contributed by atoms with Gasteiger partial charge in [-0.3, -0.25) is 0 Å². The normalized spacial score (nSPS) is 15.7. The zero-order valence-electron chi connectivity index (χ0n) is 11.1. The van der Waals surface area contributed by atoms with Gasteiger partial charge < -0.3 is 5.73 Å². The highest BCUT2D eigenvalue weighted by Gasteiger charge is 2.23. The summed E-state index contributed by atoms with van der Waals surface area (Å²) in [5, 5.41) is 0. The highest BCUT2D eigenvalue weighted by Crippen LogP contribution is 2.24. The molecule has 1 aromatic carbocycles. The third kappa shape index (κ3) is 3.56. The molecule has 2 rings (SSSR count). The van der Waals surface area contributed by atoms with Crippen molar-refractivity contribution in [2.45, 2.75) is 44.4 Å². The third-order valence-corrected chi connectivity index (χ3v) is 5.10. The van der Waals surface area contributed by atoms with Crippen LogP contribution in [0.1, 0.15) is 37.0 Å². The number of nitrogens with two attached hydrogens (primary N) is 1. The van der Waals surface area contributed by atoms with Crippen LogP contribution in [-0.2, 0) is 28.4 Å². The number of hydrogen-bond donors (Lipinski definition) is 1. The third-order valence-electron chi connectivity index (χ3n) is 3.14. The fourth-order valence-electron chi connectivity index (χ4n) is 2.59. The van der Waals surface area contributed by atoms with Gasteiger partial charge in [-0.1, -0.05) is 18.2 Å². The van der Waals surface area contributed by atoms with E-state index >= 15 is 0 Å². The van der Waals surface area contributed by atoms with E-state index in [2.05, 4.69) is 6.07 Å². The van der Waals surface area contributed by atoms with Gasteiger partial charge in [0.25, 0.3) is 0 Å². The second-order valence-corrected chi connectivity index (χ2v) is 8.04. The van der Waals surface area contributed by atoms with Gasteiger partial charge in [-0.05, 0) is 49.8 Å². The molecule has 1 aliphatic rings. The average molecular weight is 267 g/mol. The lowest BCUT2D eigenvalue weighted by Gasteiger charge is -2.18. The topological polar surface area (TPSA) is 60.2 Å². The molecule has 3 nitrogen and oxygen atoms in total. The zero-order chi connectivity index (χ0) is 13.4. The molecule has 0 atom stereocenters. The summed E-state index contributed by atoms with van der Waals surface area (Å²) < 4.78 is 24.1. The van der Waals surface area contributed by atoms with E-state index in [1.807, 2.05) is 12.1 Å². The van der Waals surface area contributed by atoms with Crippen LogP contribution in [0, 0.1) is 0 Å². The van der Waals surface area contributed by atoms with E-state index in [0.717, 1.165) is 18.4 Å². The maximum atomic E-state index is 12.0. The van der Waals surface area contributed by atoms with Crippen molar-refractivity contribution in [3.8, 4) is 0 Å². The summed E-state index contributed by atoms with van der Waals surface area (Å²) in [7, 11) is -3.13. The van der Waals surface area contributed by atoms with Gasteiger partial charge in [0.1, 0.15) is 0 Å².